The number of halogens is 1. The fraction of sp³-hybridized carbons (Fsp3) is 0. The number of hydrogen-bond donors (Lipinski definition) is 1. The van der Waals surface area contributed by atoms with Crippen LogP contribution in [0.5, 0.6) is 0 Å². The Labute approximate surface area is 125 Å². The molecule has 1 N–H and O–H groups in total. The van der Waals surface area contributed by atoms with E-state index in [1.165, 1.54) is 0 Å². The van der Waals surface area contributed by atoms with Gasteiger partial charge in [-0.1, -0.05) is 42.5 Å². The minimum Gasteiger partial charge on any atom is -0.306 e. The van der Waals surface area contributed by atoms with Crippen molar-refractivity contribution in [3.8, 4) is 11.4 Å². The second kappa shape index (κ2) is 4.77. The summed E-state index contributed by atoms with van der Waals surface area (Å²) in [6.45, 7) is 0. The lowest BCUT2D eigenvalue weighted by Crippen LogP contribution is -2.10. The number of nitrogens with one attached hydrogen (secondary N) is 1. The summed E-state index contributed by atoms with van der Waals surface area (Å²) in [5.74, 6) is -0.136. The van der Waals surface area contributed by atoms with E-state index in [1.807, 2.05) is 18.2 Å². The molecule has 4 aromatic rings. The second-order valence-corrected chi connectivity index (χ2v) is 5.08. The van der Waals surface area contributed by atoms with Crippen molar-refractivity contribution in [3.05, 3.63) is 76.8 Å². The van der Waals surface area contributed by atoms with E-state index in [2.05, 4.69) is 9.97 Å². The molecule has 0 radical (unpaired) electrons. The molecule has 3 aromatic carbocycles. The summed E-state index contributed by atoms with van der Waals surface area (Å²) in [7, 11) is 0. The number of nitrogens with zero attached hydrogens (tertiary/aromatic N) is 1. The van der Waals surface area contributed by atoms with Crippen LogP contribution in [0.3, 0.4) is 0 Å². The van der Waals surface area contributed by atoms with Gasteiger partial charge >= 0.3 is 0 Å². The third-order valence-corrected chi connectivity index (χ3v) is 3.73. The Morgan fingerprint density at radius 2 is 1.59 bits per heavy atom. The molecule has 22 heavy (non-hydrogen) atoms. The van der Waals surface area contributed by atoms with Crippen molar-refractivity contribution >= 4 is 21.7 Å². The van der Waals surface area contributed by atoms with E-state index in [0.29, 0.717) is 21.9 Å². The molecule has 1 heterocycles. The minimum absolute atomic E-state index is 0.243. The number of H-pyrrole nitrogens is 1. The molecule has 0 atom stereocenters. The van der Waals surface area contributed by atoms with E-state index in [1.54, 1.807) is 42.5 Å². The van der Waals surface area contributed by atoms with Gasteiger partial charge in [0, 0.05) is 5.39 Å². The SMILES string of the molecule is O=c1[nH]c(-c2ccc3ccccc3c2F)nc2ccccc12. The summed E-state index contributed by atoms with van der Waals surface area (Å²) >= 11 is 0. The highest BCUT2D eigenvalue weighted by Gasteiger charge is 2.12. The molecule has 1 aromatic heterocycles. The number of aromatic nitrogens is 2. The number of benzene rings is 3. The number of fused-ring (bicyclic) bond motifs is 2. The molecule has 4 rings (SSSR count). The fourth-order valence-corrected chi connectivity index (χ4v) is 2.63. The average Bonchev–Trinajstić information content (AvgIpc) is 2.55. The monoisotopic (exact) mass is 290 g/mol. The standard InChI is InChI=1S/C18H11FN2O/c19-16-12-6-2-1-5-11(12)9-10-14(16)17-20-15-8-4-3-7-13(15)18(22)21-17/h1-10H,(H,20,21,22). The zero-order chi connectivity index (χ0) is 15.1. The van der Waals surface area contributed by atoms with Gasteiger partial charge in [-0.2, -0.15) is 0 Å². The Hall–Kier alpha value is -3.01. The topological polar surface area (TPSA) is 45.8 Å². The van der Waals surface area contributed by atoms with Crippen molar-refractivity contribution < 1.29 is 4.39 Å². The summed E-state index contributed by atoms with van der Waals surface area (Å²) in [6, 6.07) is 17.7. The Morgan fingerprint density at radius 3 is 2.45 bits per heavy atom. The third-order valence-electron chi connectivity index (χ3n) is 3.73. The summed E-state index contributed by atoms with van der Waals surface area (Å²) in [6.07, 6.45) is 0. The smallest absolute Gasteiger partial charge is 0.259 e. The molecule has 0 amide bonds. The quantitative estimate of drug-likeness (QED) is 0.578. The first-order valence-corrected chi connectivity index (χ1v) is 6.91. The zero-order valence-corrected chi connectivity index (χ0v) is 11.5. The van der Waals surface area contributed by atoms with Crippen LogP contribution in [0.2, 0.25) is 0 Å². The average molecular weight is 290 g/mol. The van der Waals surface area contributed by atoms with Crippen LogP contribution in [0.4, 0.5) is 4.39 Å². The van der Waals surface area contributed by atoms with Crippen LogP contribution in [0.15, 0.2) is 65.5 Å². The van der Waals surface area contributed by atoms with E-state index >= 15 is 0 Å². The summed E-state index contributed by atoms with van der Waals surface area (Å²) < 4.78 is 14.7. The summed E-state index contributed by atoms with van der Waals surface area (Å²) in [5.41, 5.74) is 0.573. The van der Waals surface area contributed by atoms with Crippen LogP contribution in [-0.2, 0) is 0 Å². The summed E-state index contributed by atoms with van der Waals surface area (Å²) in [4.78, 5) is 19.2. The Morgan fingerprint density at radius 1 is 0.864 bits per heavy atom. The molecule has 0 aliphatic carbocycles. The van der Waals surface area contributed by atoms with E-state index < -0.39 is 0 Å². The molecule has 0 aliphatic heterocycles. The van der Waals surface area contributed by atoms with Crippen LogP contribution < -0.4 is 5.56 Å². The lowest BCUT2D eigenvalue weighted by atomic mass is 10.1. The van der Waals surface area contributed by atoms with Gasteiger partial charge < -0.3 is 4.98 Å². The van der Waals surface area contributed by atoms with Gasteiger partial charge in [0.15, 0.2) is 0 Å². The molecule has 0 aliphatic rings. The van der Waals surface area contributed by atoms with Gasteiger partial charge in [0.1, 0.15) is 11.6 Å². The van der Waals surface area contributed by atoms with Crippen LogP contribution >= 0.6 is 0 Å². The molecule has 0 bridgehead atoms. The van der Waals surface area contributed by atoms with Crippen molar-refractivity contribution in [2.75, 3.05) is 0 Å². The van der Waals surface area contributed by atoms with Crippen molar-refractivity contribution in [2.45, 2.75) is 0 Å². The lowest BCUT2D eigenvalue weighted by Gasteiger charge is -2.07. The van der Waals surface area contributed by atoms with Gasteiger partial charge in [-0.3, -0.25) is 4.79 Å². The highest BCUT2D eigenvalue weighted by molar-refractivity contribution is 5.88. The van der Waals surface area contributed by atoms with E-state index in [9.17, 15) is 9.18 Å². The highest BCUT2D eigenvalue weighted by atomic mass is 19.1. The maximum absolute atomic E-state index is 14.7. The molecular weight excluding hydrogens is 279 g/mol. The molecular formula is C18H11FN2O. The molecule has 3 nitrogen and oxygen atoms in total. The maximum Gasteiger partial charge on any atom is 0.259 e. The zero-order valence-electron chi connectivity index (χ0n) is 11.5. The van der Waals surface area contributed by atoms with Crippen LogP contribution in [0.1, 0.15) is 0 Å². The summed E-state index contributed by atoms with van der Waals surface area (Å²) in [5, 5.41) is 1.81. The first kappa shape index (κ1) is 12.7. The number of hydrogen-bond acceptors (Lipinski definition) is 2. The third kappa shape index (κ3) is 1.89. The highest BCUT2D eigenvalue weighted by Crippen LogP contribution is 2.26. The first-order valence-electron chi connectivity index (χ1n) is 6.91. The van der Waals surface area contributed by atoms with Crippen LogP contribution in [0.25, 0.3) is 33.1 Å². The van der Waals surface area contributed by atoms with E-state index in [-0.39, 0.29) is 17.2 Å². The van der Waals surface area contributed by atoms with E-state index in [4.69, 9.17) is 0 Å². The van der Waals surface area contributed by atoms with Crippen LogP contribution in [-0.4, -0.2) is 9.97 Å². The number of aromatic amines is 1. The van der Waals surface area contributed by atoms with E-state index in [0.717, 1.165) is 5.39 Å². The second-order valence-electron chi connectivity index (χ2n) is 5.08. The largest absolute Gasteiger partial charge is 0.306 e. The van der Waals surface area contributed by atoms with Crippen LogP contribution in [0, 0.1) is 5.82 Å². The van der Waals surface area contributed by atoms with Crippen molar-refractivity contribution in [1.82, 2.24) is 9.97 Å². The lowest BCUT2D eigenvalue weighted by molar-refractivity contribution is 0.642. The molecule has 4 heteroatoms. The first-order chi connectivity index (χ1) is 10.7. The van der Waals surface area contributed by atoms with Gasteiger partial charge in [-0.05, 0) is 23.6 Å². The Bertz CT molecular complexity index is 1070. The van der Waals surface area contributed by atoms with Crippen molar-refractivity contribution in [2.24, 2.45) is 0 Å². The predicted molar refractivity (Wildman–Crippen MR) is 85.3 cm³/mol. The van der Waals surface area contributed by atoms with Gasteiger partial charge in [-0.25, -0.2) is 9.37 Å². The number of para-hydroxylation sites is 1. The van der Waals surface area contributed by atoms with Crippen molar-refractivity contribution in [3.63, 3.8) is 0 Å². The molecule has 0 unspecified atom stereocenters. The predicted octanol–water partition coefficient (Wildman–Crippen LogP) is 3.88. The van der Waals surface area contributed by atoms with Gasteiger partial charge in [-0.15, -0.1) is 0 Å². The normalized spacial score (nSPS) is 11.1. The Balaban J connectivity index is 2.03. The molecule has 0 fully saturated rings. The molecule has 0 saturated heterocycles. The Kier molecular flexibility index (Phi) is 2.76. The fourth-order valence-electron chi connectivity index (χ4n) is 2.63. The maximum atomic E-state index is 14.7. The number of rotatable bonds is 1. The van der Waals surface area contributed by atoms with Gasteiger partial charge in [0.25, 0.3) is 5.56 Å². The molecule has 0 spiro atoms. The van der Waals surface area contributed by atoms with Gasteiger partial charge in [0.2, 0.25) is 0 Å². The molecule has 0 saturated carbocycles. The van der Waals surface area contributed by atoms with Gasteiger partial charge in [0.05, 0.1) is 16.5 Å². The molecule has 106 valence electrons. The van der Waals surface area contributed by atoms with Crippen molar-refractivity contribution in [1.29, 1.82) is 0 Å². The minimum atomic E-state index is -0.378.